The lowest BCUT2D eigenvalue weighted by atomic mass is 9.96. The number of benzene rings is 2. The summed E-state index contributed by atoms with van der Waals surface area (Å²) in [6.07, 6.45) is 1.72. The van der Waals surface area contributed by atoms with E-state index in [9.17, 15) is 18.7 Å². The molecule has 0 spiro atoms. The van der Waals surface area contributed by atoms with Gasteiger partial charge in [-0.2, -0.15) is 0 Å². The van der Waals surface area contributed by atoms with Gasteiger partial charge in [0.1, 0.15) is 17.2 Å². The molecule has 122 valence electrons. The molecule has 0 heterocycles. The summed E-state index contributed by atoms with van der Waals surface area (Å²) >= 11 is 1.21. The Hall–Kier alpha value is -1.92. The van der Waals surface area contributed by atoms with Gasteiger partial charge in [-0.3, -0.25) is 4.79 Å². The number of amides is 1. The summed E-state index contributed by atoms with van der Waals surface area (Å²) in [5, 5.41) is 13.0. The fourth-order valence-corrected chi connectivity index (χ4v) is 2.57. The van der Waals surface area contributed by atoms with Gasteiger partial charge < -0.3 is 10.4 Å². The average molecular weight is 337 g/mol. The van der Waals surface area contributed by atoms with Crippen LogP contribution in [0.15, 0.2) is 47.4 Å². The SMILES string of the molecule is CSc1cc(C(=O)NCC(C)(O)c2ccc(F)cc2)ccc1F. The number of aliphatic hydroxyl groups is 1. The third-order valence-electron chi connectivity index (χ3n) is 3.47. The van der Waals surface area contributed by atoms with Crippen LogP contribution in [0.3, 0.4) is 0 Å². The quantitative estimate of drug-likeness (QED) is 0.823. The molecule has 2 rings (SSSR count). The molecule has 0 aliphatic heterocycles. The monoisotopic (exact) mass is 337 g/mol. The smallest absolute Gasteiger partial charge is 0.251 e. The fourth-order valence-electron chi connectivity index (χ4n) is 2.07. The van der Waals surface area contributed by atoms with Crippen molar-refractivity contribution in [1.82, 2.24) is 5.32 Å². The number of carbonyl (C=O) groups is 1. The van der Waals surface area contributed by atoms with E-state index in [-0.39, 0.29) is 12.4 Å². The molecule has 0 saturated heterocycles. The Balaban J connectivity index is 2.07. The second-order valence-electron chi connectivity index (χ2n) is 5.31. The number of hydrogen-bond donors (Lipinski definition) is 2. The normalized spacial score (nSPS) is 13.4. The predicted octanol–water partition coefficient (Wildman–Crippen LogP) is 3.32. The van der Waals surface area contributed by atoms with Crippen LogP contribution in [0.4, 0.5) is 8.78 Å². The number of rotatable bonds is 5. The number of halogens is 2. The van der Waals surface area contributed by atoms with Crippen LogP contribution in [0.25, 0.3) is 0 Å². The van der Waals surface area contributed by atoms with E-state index in [2.05, 4.69) is 5.32 Å². The molecular formula is C17H17F2NO2S. The summed E-state index contributed by atoms with van der Waals surface area (Å²) in [4.78, 5) is 12.5. The second-order valence-corrected chi connectivity index (χ2v) is 6.16. The number of hydrogen-bond acceptors (Lipinski definition) is 3. The summed E-state index contributed by atoms with van der Waals surface area (Å²) in [7, 11) is 0. The third kappa shape index (κ3) is 4.30. The van der Waals surface area contributed by atoms with Gasteiger partial charge in [-0.05, 0) is 49.1 Å². The molecule has 0 radical (unpaired) electrons. The van der Waals surface area contributed by atoms with Gasteiger partial charge in [-0.15, -0.1) is 11.8 Å². The van der Waals surface area contributed by atoms with E-state index < -0.39 is 17.3 Å². The van der Waals surface area contributed by atoms with Crippen molar-refractivity contribution in [2.24, 2.45) is 0 Å². The van der Waals surface area contributed by atoms with Crippen LogP contribution in [0, 0.1) is 11.6 Å². The van der Waals surface area contributed by atoms with Gasteiger partial charge in [0, 0.05) is 10.5 Å². The second kappa shape index (κ2) is 7.10. The van der Waals surface area contributed by atoms with Gasteiger partial charge in [0.15, 0.2) is 0 Å². The maximum absolute atomic E-state index is 13.4. The average Bonchev–Trinajstić information content (AvgIpc) is 2.53. The summed E-state index contributed by atoms with van der Waals surface area (Å²) < 4.78 is 26.4. The van der Waals surface area contributed by atoms with E-state index in [0.717, 1.165) is 0 Å². The number of nitrogens with one attached hydrogen (secondary N) is 1. The molecule has 1 atom stereocenters. The van der Waals surface area contributed by atoms with Crippen LogP contribution in [-0.2, 0) is 5.60 Å². The molecule has 0 saturated carbocycles. The molecule has 1 amide bonds. The summed E-state index contributed by atoms with van der Waals surface area (Å²) in [6, 6.07) is 9.50. The lowest BCUT2D eigenvalue weighted by Crippen LogP contribution is -2.38. The summed E-state index contributed by atoms with van der Waals surface area (Å²) in [5.41, 5.74) is -0.542. The zero-order chi connectivity index (χ0) is 17.0. The highest BCUT2D eigenvalue weighted by Crippen LogP contribution is 2.22. The lowest BCUT2D eigenvalue weighted by molar-refractivity contribution is 0.0526. The van der Waals surface area contributed by atoms with Gasteiger partial charge >= 0.3 is 0 Å². The Morgan fingerprint density at radius 1 is 1.22 bits per heavy atom. The zero-order valence-electron chi connectivity index (χ0n) is 12.8. The van der Waals surface area contributed by atoms with Gasteiger partial charge in [0.2, 0.25) is 0 Å². The molecule has 0 aliphatic carbocycles. The first-order valence-corrected chi connectivity index (χ1v) is 8.16. The Labute approximate surface area is 137 Å². The van der Waals surface area contributed by atoms with Crippen molar-refractivity contribution in [2.45, 2.75) is 17.4 Å². The van der Waals surface area contributed by atoms with Crippen LogP contribution in [-0.4, -0.2) is 23.8 Å². The maximum atomic E-state index is 13.4. The minimum absolute atomic E-state index is 0.0521. The van der Waals surface area contributed by atoms with Crippen LogP contribution in [0.2, 0.25) is 0 Å². The molecule has 23 heavy (non-hydrogen) atoms. The largest absolute Gasteiger partial charge is 0.384 e. The van der Waals surface area contributed by atoms with E-state index in [4.69, 9.17) is 0 Å². The van der Waals surface area contributed by atoms with Crippen molar-refractivity contribution in [3.05, 3.63) is 65.2 Å². The Morgan fingerprint density at radius 2 is 1.87 bits per heavy atom. The van der Waals surface area contributed by atoms with Gasteiger partial charge in [-0.25, -0.2) is 8.78 Å². The zero-order valence-corrected chi connectivity index (χ0v) is 13.6. The minimum atomic E-state index is -1.34. The molecular weight excluding hydrogens is 320 g/mol. The van der Waals surface area contributed by atoms with Crippen molar-refractivity contribution in [3.8, 4) is 0 Å². The third-order valence-corrected chi connectivity index (χ3v) is 4.23. The number of carbonyl (C=O) groups excluding carboxylic acids is 1. The van der Waals surface area contributed by atoms with Crippen molar-refractivity contribution >= 4 is 17.7 Å². The van der Waals surface area contributed by atoms with Crippen molar-refractivity contribution in [3.63, 3.8) is 0 Å². The highest BCUT2D eigenvalue weighted by atomic mass is 32.2. The van der Waals surface area contributed by atoms with Crippen LogP contribution < -0.4 is 5.32 Å². The molecule has 0 aromatic heterocycles. The Morgan fingerprint density at radius 3 is 2.48 bits per heavy atom. The minimum Gasteiger partial charge on any atom is -0.384 e. The first kappa shape index (κ1) is 17.4. The summed E-state index contributed by atoms with van der Waals surface area (Å²) in [6.45, 7) is 1.47. The van der Waals surface area contributed by atoms with Crippen molar-refractivity contribution < 1.29 is 18.7 Å². The molecule has 0 aliphatic rings. The van der Waals surface area contributed by atoms with E-state index >= 15 is 0 Å². The van der Waals surface area contributed by atoms with Crippen molar-refractivity contribution in [1.29, 1.82) is 0 Å². The number of thioether (sulfide) groups is 1. The van der Waals surface area contributed by atoms with E-state index in [1.54, 1.807) is 6.26 Å². The molecule has 2 aromatic rings. The van der Waals surface area contributed by atoms with E-state index in [0.29, 0.717) is 16.0 Å². The first-order chi connectivity index (χ1) is 10.8. The molecule has 3 nitrogen and oxygen atoms in total. The molecule has 1 unspecified atom stereocenters. The Bertz CT molecular complexity index is 702. The lowest BCUT2D eigenvalue weighted by Gasteiger charge is -2.24. The van der Waals surface area contributed by atoms with E-state index in [1.165, 1.54) is 61.2 Å². The fraction of sp³-hybridized carbons (Fsp3) is 0.235. The Kier molecular flexibility index (Phi) is 5.38. The predicted molar refractivity (Wildman–Crippen MR) is 86.5 cm³/mol. The standard InChI is InChI=1S/C17H17F2NO2S/c1-17(22,12-4-6-13(18)7-5-12)10-20-16(21)11-3-8-14(19)15(9-11)23-2/h3-9,22H,10H2,1-2H3,(H,20,21). The molecule has 0 fully saturated rings. The highest BCUT2D eigenvalue weighted by Gasteiger charge is 2.24. The van der Waals surface area contributed by atoms with Crippen LogP contribution in [0.5, 0.6) is 0 Å². The molecule has 2 N–H and O–H groups in total. The first-order valence-electron chi connectivity index (χ1n) is 6.93. The van der Waals surface area contributed by atoms with Gasteiger partial charge in [0.05, 0.1) is 6.54 Å². The topological polar surface area (TPSA) is 49.3 Å². The molecule has 2 aromatic carbocycles. The molecule has 0 bridgehead atoms. The van der Waals surface area contributed by atoms with Gasteiger partial charge in [0.25, 0.3) is 5.91 Å². The van der Waals surface area contributed by atoms with Crippen molar-refractivity contribution in [2.75, 3.05) is 12.8 Å². The molecule has 6 heteroatoms. The van der Waals surface area contributed by atoms with Crippen LogP contribution >= 0.6 is 11.8 Å². The van der Waals surface area contributed by atoms with E-state index in [1.807, 2.05) is 0 Å². The summed E-state index contributed by atoms with van der Waals surface area (Å²) in [5.74, 6) is -1.19. The van der Waals surface area contributed by atoms with Gasteiger partial charge in [-0.1, -0.05) is 12.1 Å². The van der Waals surface area contributed by atoms with Crippen LogP contribution in [0.1, 0.15) is 22.8 Å². The maximum Gasteiger partial charge on any atom is 0.251 e. The highest BCUT2D eigenvalue weighted by molar-refractivity contribution is 7.98.